The second-order valence-electron chi connectivity index (χ2n) is 6.82. The van der Waals surface area contributed by atoms with Crippen molar-refractivity contribution in [1.29, 1.82) is 5.26 Å². The lowest BCUT2D eigenvalue weighted by Crippen LogP contribution is -2.17. The Morgan fingerprint density at radius 2 is 2.00 bits per heavy atom. The molecule has 5 nitrogen and oxygen atoms in total. The highest BCUT2D eigenvalue weighted by Crippen LogP contribution is 2.45. The predicted molar refractivity (Wildman–Crippen MR) is 96.7 cm³/mol. The Hall–Kier alpha value is -2.86. The van der Waals surface area contributed by atoms with Gasteiger partial charge in [0.05, 0.1) is 16.5 Å². The zero-order valence-corrected chi connectivity index (χ0v) is 16.3. The first kappa shape index (κ1) is 20.9. The van der Waals surface area contributed by atoms with Crippen LogP contribution in [0, 0.1) is 17.1 Å². The molecule has 0 saturated carbocycles. The molecule has 0 aromatic heterocycles. The lowest BCUT2D eigenvalue weighted by atomic mass is 9.94. The Kier molecular flexibility index (Phi) is 5.41. The van der Waals surface area contributed by atoms with Gasteiger partial charge < -0.3 is 4.74 Å². The molecule has 2 aromatic rings. The van der Waals surface area contributed by atoms with Gasteiger partial charge in [-0.25, -0.2) is 21.6 Å². The van der Waals surface area contributed by atoms with E-state index in [9.17, 15) is 22.0 Å². The molecule has 0 heterocycles. The van der Waals surface area contributed by atoms with Crippen molar-refractivity contribution in [3.63, 3.8) is 0 Å². The number of nitrogens with zero attached hydrogens (tertiary/aromatic N) is 1. The Labute approximate surface area is 165 Å². The molecular formula is C20H16F3NO4S. The Morgan fingerprint density at radius 3 is 2.59 bits per heavy atom. The number of rotatable bonds is 4. The fourth-order valence-corrected chi connectivity index (χ4v) is 4.51. The summed E-state index contributed by atoms with van der Waals surface area (Å²) in [6.07, 6.45) is -4.64. The number of esters is 1. The summed E-state index contributed by atoms with van der Waals surface area (Å²) in [5.41, 5.74) is -0.371. The number of benzene rings is 2. The van der Waals surface area contributed by atoms with Crippen molar-refractivity contribution in [3.05, 3.63) is 64.0 Å². The fraction of sp³-hybridized carbons (Fsp3) is 0.300. The minimum atomic E-state index is -3.83. The third-order valence-electron chi connectivity index (χ3n) is 4.67. The van der Waals surface area contributed by atoms with Gasteiger partial charge in [-0.15, -0.1) is 0 Å². The molecule has 0 amide bonds. The molecule has 9 heteroatoms. The van der Waals surface area contributed by atoms with E-state index in [-0.39, 0.29) is 39.1 Å². The molecule has 2 aromatic carbocycles. The van der Waals surface area contributed by atoms with Gasteiger partial charge in [0.15, 0.2) is 22.1 Å². The quantitative estimate of drug-likeness (QED) is 0.701. The van der Waals surface area contributed by atoms with E-state index < -0.39 is 40.1 Å². The molecule has 1 aliphatic carbocycles. The minimum absolute atomic E-state index is 0.0574. The molecule has 152 valence electrons. The smallest absolute Gasteiger partial charge is 0.303 e. The maximum Gasteiger partial charge on any atom is 0.303 e. The molecule has 0 bridgehead atoms. The van der Waals surface area contributed by atoms with E-state index in [1.165, 1.54) is 6.07 Å². The van der Waals surface area contributed by atoms with Gasteiger partial charge in [0, 0.05) is 25.2 Å². The maximum absolute atomic E-state index is 15.3. The van der Waals surface area contributed by atoms with Crippen LogP contribution in [0.2, 0.25) is 0 Å². The van der Waals surface area contributed by atoms with Gasteiger partial charge in [-0.2, -0.15) is 5.26 Å². The second-order valence-corrected chi connectivity index (χ2v) is 8.80. The van der Waals surface area contributed by atoms with Gasteiger partial charge in [-0.1, -0.05) is 6.07 Å². The maximum atomic E-state index is 15.3. The summed E-state index contributed by atoms with van der Waals surface area (Å²) in [5.74, 6) is -1.62. The molecule has 0 fully saturated rings. The van der Waals surface area contributed by atoms with Gasteiger partial charge in [0.1, 0.15) is 12.0 Å². The molecular weight excluding hydrogens is 407 g/mol. The van der Waals surface area contributed by atoms with Gasteiger partial charge in [0.25, 0.3) is 0 Å². The normalized spacial score (nSPS) is 19.3. The first-order valence-corrected chi connectivity index (χ1v) is 10.4. The summed E-state index contributed by atoms with van der Waals surface area (Å²) in [7, 11) is -3.83. The van der Waals surface area contributed by atoms with Gasteiger partial charge in [0.2, 0.25) is 0 Å². The van der Waals surface area contributed by atoms with E-state index in [4.69, 9.17) is 10.00 Å². The Morgan fingerprint density at radius 1 is 1.31 bits per heavy atom. The van der Waals surface area contributed by atoms with Crippen LogP contribution in [0.25, 0.3) is 0 Å². The number of hydrogen-bond acceptors (Lipinski definition) is 5. The third kappa shape index (κ3) is 3.98. The predicted octanol–water partition coefficient (Wildman–Crippen LogP) is 3.66. The van der Waals surface area contributed by atoms with Crippen LogP contribution >= 0.6 is 0 Å². The van der Waals surface area contributed by atoms with Crippen LogP contribution in [0.5, 0.6) is 0 Å². The van der Waals surface area contributed by atoms with Crippen molar-refractivity contribution >= 4 is 15.8 Å². The van der Waals surface area contributed by atoms with Crippen molar-refractivity contribution in [1.82, 2.24) is 0 Å². The zero-order chi connectivity index (χ0) is 21.5. The molecule has 0 radical (unpaired) electrons. The van der Waals surface area contributed by atoms with Crippen LogP contribution in [0.3, 0.4) is 0 Å². The highest BCUT2D eigenvalue weighted by atomic mass is 32.2. The second kappa shape index (κ2) is 7.52. The lowest BCUT2D eigenvalue weighted by Gasteiger charge is -2.19. The number of sulfone groups is 1. The number of ether oxygens (including phenoxy) is 1. The molecule has 29 heavy (non-hydrogen) atoms. The van der Waals surface area contributed by atoms with E-state index in [2.05, 4.69) is 0 Å². The Bertz CT molecular complexity index is 1140. The summed E-state index contributed by atoms with van der Waals surface area (Å²) in [6, 6.07) is 7.06. The highest BCUT2D eigenvalue weighted by molar-refractivity contribution is 7.90. The zero-order valence-electron chi connectivity index (χ0n) is 15.4. The summed E-state index contributed by atoms with van der Waals surface area (Å²) in [6.45, 7) is 1.06. The van der Waals surface area contributed by atoms with Gasteiger partial charge in [-0.3, -0.25) is 4.79 Å². The average molecular weight is 423 g/mol. The summed E-state index contributed by atoms with van der Waals surface area (Å²) >= 11 is 0. The minimum Gasteiger partial charge on any atom is -0.454 e. The molecule has 0 N–H and O–H groups in total. The monoisotopic (exact) mass is 423 g/mol. The summed E-state index contributed by atoms with van der Waals surface area (Å²) < 4.78 is 73.0. The number of carbonyl (C=O) groups excluding carboxylic acids is 1. The summed E-state index contributed by atoms with van der Waals surface area (Å²) in [4.78, 5) is 11.1. The first-order chi connectivity index (χ1) is 13.5. The van der Waals surface area contributed by atoms with Crippen molar-refractivity contribution in [2.75, 3.05) is 6.26 Å². The molecule has 0 spiro atoms. The SMILES string of the molecule is CC(=O)O[C@H]1c2c(S(C)(=O)=O)ccc([C@@H](F)c3cc(F)cc(C#N)c3)c2C[C@H]1F. The number of halogens is 3. The van der Waals surface area contributed by atoms with E-state index in [1.54, 1.807) is 6.07 Å². The van der Waals surface area contributed by atoms with Crippen molar-refractivity contribution < 1.29 is 31.1 Å². The molecule has 0 aliphatic heterocycles. The number of carbonyl (C=O) groups is 1. The van der Waals surface area contributed by atoms with Crippen LogP contribution in [-0.2, 0) is 25.8 Å². The van der Waals surface area contributed by atoms with E-state index in [0.29, 0.717) is 0 Å². The number of hydrogen-bond donors (Lipinski definition) is 0. The molecule has 3 atom stereocenters. The van der Waals surface area contributed by atoms with Gasteiger partial charge in [-0.05, 0) is 41.0 Å². The van der Waals surface area contributed by atoms with Crippen LogP contribution in [-0.4, -0.2) is 26.8 Å². The standard InChI is InChI=1S/C20H16F3NO4S/c1-10(25)28-20-16(22)8-15-14(3-4-17(18(15)20)29(2,26)27)19(23)12-5-11(9-24)6-13(21)7-12/h3-7,16,19-20H,8H2,1-2H3/t16-,19+,20-/m1/s1. The van der Waals surface area contributed by atoms with Crippen LogP contribution < -0.4 is 0 Å². The third-order valence-corrected chi connectivity index (χ3v) is 5.83. The number of fused-ring (bicyclic) bond motifs is 1. The van der Waals surface area contributed by atoms with Crippen LogP contribution in [0.15, 0.2) is 35.2 Å². The molecule has 1 aliphatic rings. The fourth-order valence-electron chi connectivity index (χ4n) is 3.56. The van der Waals surface area contributed by atoms with Crippen molar-refractivity contribution in [2.24, 2.45) is 0 Å². The molecule has 0 saturated heterocycles. The van der Waals surface area contributed by atoms with Crippen LogP contribution in [0.1, 0.15) is 47.0 Å². The van der Waals surface area contributed by atoms with Crippen LogP contribution in [0.4, 0.5) is 13.2 Å². The van der Waals surface area contributed by atoms with Crippen molar-refractivity contribution in [2.45, 2.75) is 36.7 Å². The van der Waals surface area contributed by atoms with E-state index >= 15 is 4.39 Å². The largest absolute Gasteiger partial charge is 0.454 e. The Balaban J connectivity index is 2.21. The molecule has 0 unspecified atom stereocenters. The molecule has 3 rings (SSSR count). The lowest BCUT2D eigenvalue weighted by molar-refractivity contribution is -0.149. The topological polar surface area (TPSA) is 84.2 Å². The number of alkyl halides is 2. The average Bonchev–Trinajstić information content (AvgIpc) is 2.94. The van der Waals surface area contributed by atoms with Crippen molar-refractivity contribution in [3.8, 4) is 6.07 Å². The van der Waals surface area contributed by atoms with Gasteiger partial charge >= 0.3 is 5.97 Å². The van der Waals surface area contributed by atoms with E-state index in [1.807, 2.05) is 0 Å². The first-order valence-electron chi connectivity index (χ1n) is 8.54. The highest BCUT2D eigenvalue weighted by Gasteiger charge is 2.41. The van der Waals surface area contributed by atoms with E-state index in [0.717, 1.165) is 37.4 Å². The number of nitriles is 1. The summed E-state index contributed by atoms with van der Waals surface area (Å²) in [5, 5.41) is 8.97.